The Kier molecular flexibility index (Phi) is 5.01. The van der Waals surface area contributed by atoms with Crippen LogP contribution in [0.3, 0.4) is 0 Å². The van der Waals surface area contributed by atoms with Crippen LogP contribution in [0.15, 0.2) is 63.2 Å². The van der Waals surface area contributed by atoms with Crippen LogP contribution >= 0.6 is 11.8 Å². The van der Waals surface area contributed by atoms with Crippen LogP contribution in [0.2, 0.25) is 0 Å². The number of carbonyl (C=O) groups is 1. The highest BCUT2D eigenvalue weighted by atomic mass is 32.2. The number of aryl methyl sites for hydroxylation is 2. The van der Waals surface area contributed by atoms with Gasteiger partial charge in [0.1, 0.15) is 0 Å². The summed E-state index contributed by atoms with van der Waals surface area (Å²) in [7, 11) is 0. The Morgan fingerprint density at radius 3 is 2.44 bits per heavy atom. The van der Waals surface area contributed by atoms with Crippen LogP contribution in [0.4, 0.5) is 0 Å². The number of nitrogens with zero attached hydrogens (tertiary/aromatic N) is 3. The number of amides is 1. The lowest BCUT2D eigenvalue weighted by Crippen LogP contribution is -2.07. The number of amidine groups is 1. The van der Waals surface area contributed by atoms with Gasteiger partial charge in [0.2, 0.25) is 5.91 Å². The van der Waals surface area contributed by atoms with Crippen molar-refractivity contribution >= 4 is 28.5 Å². The average molecular weight is 353 g/mol. The van der Waals surface area contributed by atoms with Crippen molar-refractivity contribution in [2.75, 3.05) is 0 Å². The van der Waals surface area contributed by atoms with Crippen LogP contribution in [0, 0.1) is 13.8 Å². The molecule has 0 aliphatic carbocycles. The summed E-state index contributed by atoms with van der Waals surface area (Å²) < 4.78 is 0. The van der Waals surface area contributed by atoms with Gasteiger partial charge < -0.3 is 0 Å². The van der Waals surface area contributed by atoms with Crippen LogP contribution in [-0.4, -0.2) is 27.1 Å². The number of hydroxylamine groups is 2. The highest BCUT2D eigenvalue weighted by Crippen LogP contribution is 2.35. The van der Waals surface area contributed by atoms with Gasteiger partial charge in [-0.25, -0.2) is 10.1 Å². The lowest BCUT2D eigenvalue weighted by Gasteiger charge is -2.13. The highest BCUT2D eigenvalue weighted by Gasteiger charge is 2.25. The SMILES string of the molecule is CCC(=O)N=C1N=C(c2cc(C)cc(C)c2)C(=C2C=CN(O)C=C2)S1. The summed E-state index contributed by atoms with van der Waals surface area (Å²) in [5, 5.41) is 10.9. The van der Waals surface area contributed by atoms with Crippen molar-refractivity contribution in [3.05, 3.63) is 69.9 Å². The predicted molar refractivity (Wildman–Crippen MR) is 102 cm³/mol. The van der Waals surface area contributed by atoms with Crippen molar-refractivity contribution < 1.29 is 10.0 Å². The van der Waals surface area contributed by atoms with E-state index >= 15 is 0 Å². The molecule has 1 amide bonds. The molecule has 1 N–H and O–H groups in total. The fraction of sp³-hybridized carbons (Fsp3) is 0.211. The molecule has 0 spiro atoms. The van der Waals surface area contributed by atoms with E-state index in [0.29, 0.717) is 11.6 Å². The minimum atomic E-state index is -0.187. The van der Waals surface area contributed by atoms with Crippen LogP contribution < -0.4 is 0 Å². The molecule has 2 aliphatic heterocycles. The van der Waals surface area contributed by atoms with Crippen molar-refractivity contribution in [1.82, 2.24) is 5.06 Å². The van der Waals surface area contributed by atoms with Gasteiger partial charge in [-0.1, -0.05) is 24.1 Å². The summed E-state index contributed by atoms with van der Waals surface area (Å²) in [5.74, 6) is -0.187. The Labute approximate surface area is 151 Å². The molecule has 3 rings (SSSR count). The molecule has 5 nitrogen and oxygen atoms in total. The van der Waals surface area contributed by atoms with Gasteiger partial charge in [-0.3, -0.25) is 10.0 Å². The number of benzene rings is 1. The minimum Gasteiger partial charge on any atom is -0.285 e. The molecule has 0 saturated heterocycles. The van der Waals surface area contributed by atoms with Crippen LogP contribution in [0.5, 0.6) is 0 Å². The lowest BCUT2D eigenvalue weighted by molar-refractivity contribution is -0.117. The van der Waals surface area contributed by atoms with E-state index in [-0.39, 0.29) is 5.91 Å². The van der Waals surface area contributed by atoms with Gasteiger partial charge in [0.15, 0.2) is 5.17 Å². The maximum Gasteiger partial charge on any atom is 0.247 e. The summed E-state index contributed by atoms with van der Waals surface area (Å²) in [6.45, 7) is 5.87. The molecule has 128 valence electrons. The van der Waals surface area contributed by atoms with Crippen molar-refractivity contribution in [1.29, 1.82) is 0 Å². The van der Waals surface area contributed by atoms with E-state index in [1.165, 1.54) is 11.8 Å². The fourth-order valence-electron chi connectivity index (χ4n) is 2.62. The third kappa shape index (κ3) is 3.97. The molecule has 6 heteroatoms. The summed E-state index contributed by atoms with van der Waals surface area (Å²) in [6.07, 6.45) is 7.10. The van der Waals surface area contributed by atoms with Gasteiger partial charge in [0.05, 0.1) is 5.71 Å². The largest absolute Gasteiger partial charge is 0.285 e. The Bertz CT molecular complexity index is 842. The maximum absolute atomic E-state index is 11.7. The molecule has 0 fully saturated rings. The van der Waals surface area contributed by atoms with E-state index in [0.717, 1.165) is 37.9 Å². The fourth-order valence-corrected chi connectivity index (χ4v) is 3.60. The van der Waals surface area contributed by atoms with E-state index in [4.69, 9.17) is 0 Å². The molecule has 2 heterocycles. The molecule has 0 atom stereocenters. The first-order valence-corrected chi connectivity index (χ1v) is 8.83. The van der Waals surface area contributed by atoms with Gasteiger partial charge >= 0.3 is 0 Å². The second-order valence-corrected chi connectivity index (χ2v) is 6.85. The van der Waals surface area contributed by atoms with E-state index in [2.05, 4.69) is 28.2 Å². The zero-order valence-electron chi connectivity index (χ0n) is 14.4. The molecular weight excluding hydrogens is 334 g/mol. The van der Waals surface area contributed by atoms with Crippen molar-refractivity contribution in [2.24, 2.45) is 9.98 Å². The number of rotatable bonds is 2. The summed E-state index contributed by atoms with van der Waals surface area (Å²) >= 11 is 1.38. The first-order valence-electron chi connectivity index (χ1n) is 8.01. The van der Waals surface area contributed by atoms with Crippen LogP contribution in [0.25, 0.3) is 0 Å². The second-order valence-electron chi connectivity index (χ2n) is 5.88. The van der Waals surface area contributed by atoms with E-state index in [9.17, 15) is 10.0 Å². The van der Waals surface area contributed by atoms with Gasteiger partial charge in [-0.2, -0.15) is 4.99 Å². The average Bonchev–Trinajstić information content (AvgIpc) is 2.98. The zero-order chi connectivity index (χ0) is 18.0. The van der Waals surface area contributed by atoms with Crippen molar-refractivity contribution in [3.63, 3.8) is 0 Å². The Hall–Kier alpha value is -2.44. The topological polar surface area (TPSA) is 65.3 Å². The van der Waals surface area contributed by atoms with Crippen LogP contribution in [-0.2, 0) is 4.79 Å². The normalized spacial score (nSPS) is 18.3. The van der Waals surface area contributed by atoms with E-state index in [1.54, 1.807) is 19.3 Å². The summed E-state index contributed by atoms with van der Waals surface area (Å²) in [4.78, 5) is 21.3. The van der Waals surface area contributed by atoms with Gasteiger partial charge in [0.25, 0.3) is 0 Å². The van der Waals surface area contributed by atoms with Gasteiger partial charge in [0, 0.05) is 29.3 Å². The third-order valence-corrected chi connectivity index (χ3v) is 4.71. The second kappa shape index (κ2) is 7.21. The monoisotopic (exact) mass is 353 g/mol. The molecule has 0 radical (unpaired) electrons. The predicted octanol–water partition coefficient (Wildman–Crippen LogP) is 4.12. The quantitative estimate of drug-likeness (QED) is 0.869. The molecule has 25 heavy (non-hydrogen) atoms. The highest BCUT2D eigenvalue weighted by molar-refractivity contribution is 8.18. The van der Waals surface area contributed by atoms with Crippen molar-refractivity contribution in [2.45, 2.75) is 27.2 Å². The third-order valence-electron chi connectivity index (χ3n) is 3.71. The van der Waals surface area contributed by atoms with Crippen LogP contribution in [0.1, 0.15) is 30.0 Å². The summed E-state index contributed by atoms with van der Waals surface area (Å²) in [5.41, 5.74) is 5.02. The number of allylic oxidation sites excluding steroid dienone is 4. The molecular formula is C19H19N3O2S. The number of carbonyl (C=O) groups excluding carboxylic acids is 1. The molecule has 1 aromatic carbocycles. The van der Waals surface area contributed by atoms with E-state index < -0.39 is 0 Å². The first-order chi connectivity index (χ1) is 12.0. The molecule has 0 aromatic heterocycles. The first kappa shape index (κ1) is 17.4. The summed E-state index contributed by atoms with van der Waals surface area (Å²) in [6, 6.07) is 6.26. The number of hydrogen-bond donors (Lipinski definition) is 1. The smallest absolute Gasteiger partial charge is 0.247 e. The number of hydrogen-bond acceptors (Lipinski definition) is 4. The zero-order valence-corrected chi connectivity index (χ0v) is 15.2. The Balaban J connectivity index is 2.11. The molecule has 0 bridgehead atoms. The lowest BCUT2D eigenvalue weighted by atomic mass is 10.0. The Morgan fingerprint density at radius 1 is 1.20 bits per heavy atom. The minimum absolute atomic E-state index is 0.187. The maximum atomic E-state index is 11.7. The van der Waals surface area contributed by atoms with Gasteiger partial charge in [-0.05, 0) is 55.5 Å². The number of thioether (sulfide) groups is 1. The van der Waals surface area contributed by atoms with Crippen molar-refractivity contribution in [3.8, 4) is 0 Å². The molecule has 0 unspecified atom stereocenters. The molecule has 0 saturated carbocycles. The Morgan fingerprint density at radius 2 is 1.84 bits per heavy atom. The number of aliphatic imine (C=N–C) groups is 2. The molecule has 2 aliphatic rings. The molecule has 1 aromatic rings. The standard InChI is InChI=1S/C19H19N3O2S/c1-4-16(23)20-19-21-17(15-10-12(2)9-13(3)11-15)18(25-19)14-5-7-22(24)8-6-14/h5-11,24H,4H2,1-3H3. The van der Waals surface area contributed by atoms with E-state index in [1.807, 2.05) is 26.0 Å². The van der Waals surface area contributed by atoms with Gasteiger partial charge in [-0.15, -0.1) is 0 Å².